The summed E-state index contributed by atoms with van der Waals surface area (Å²) < 4.78 is 6.98. The molecule has 2 heteroatoms. The van der Waals surface area contributed by atoms with Gasteiger partial charge in [0.2, 0.25) is 0 Å². The minimum absolute atomic E-state index is 0.0537. The average molecular weight is 365 g/mol. The second kappa shape index (κ2) is 6.88. The third-order valence-electron chi connectivity index (χ3n) is 4.25. The van der Waals surface area contributed by atoms with Gasteiger partial charge in [0.05, 0.1) is 8.15 Å². The molecule has 1 aromatic carbocycles. The molecule has 0 amide bonds. The van der Waals surface area contributed by atoms with Gasteiger partial charge in [-0.3, -0.25) is 0 Å². The molecule has 0 aliphatic carbocycles. The van der Waals surface area contributed by atoms with Crippen molar-refractivity contribution >= 4 is 8.15 Å². The van der Waals surface area contributed by atoms with Crippen molar-refractivity contribution in [2.45, 2.75) is 111 Å². The van der Waals surface area contributed by atoms with E-state index in [0.717, 1.165) is 5.75 Å². The van der Waals surface area contributed by atoms with Gasteiger partial charge < -0.3 is 4.52 Å². The van der Waals surface area contributed by atoms with Crippen molar-refractivity contribution in [2.75, 3.05) is 0 Å². The number of hydrogen-bond acceptors (Lipinski definition) is 1. The summed E-state index contributed by atoms with van der Waals surface area (Å²) >= 11 is 0. The summed E-state index contributed by atoms with van der Waals surface area (Å²) in [4.78, 5) is 0. The van der Waals surface area contributed by atoms with E-state index in [1.807, 2.05) is 0 Å². The fourth-order valence-corrected chi connectivity index (χ4v) is 6.30. The third-order valence-corrected chi connectivity index (χ3v) is 7.05. The van der Waals surface area contributed by atoms with Crippen molar-refractivity contribution in [3.05, 3.63) is 28.8 Å². The Labute approximate surface area is 158 Å². The first kappa shape index (κ1) is 22.5. The molecule has 0 saturated heterocycles. The minimum atomic E-state index is -0.655. The second-order valence-corrected chi connectivity index (χ2v) is 14.9. The van der Waals surface area contributed by atoms with Crippen LogP contribution in [0.15, 0.2) is 12.1 Å². The van der Waals surface area contributed by atoms with Gasteiger partial charge in [-0.2, -0.15) is 0 Å². The van der Waals surface area contributed by atoms with Gasteiger partial charge in [0.15, 0.2) is 0 Å². The van der Waals surface area contributed by atoms with Crippen LogP contribution in [0.3, 0.4) is 0 Å². The van der Waals surface area contributed by atoms with Crippen molar-refractivity contribution in [1.82, 2.24) is 0 Å². The van der Waals surface area contributed by atoms with Crippen LogP contribution in [-0.2, 0) is 10.8 Å². The van der Waals surface area contributed by atoms with E-state index in [2.05, 4.69) is 102 Å². The van der Waals surface area contributed by atoms with Crippen molar-refractivity contribution in [2.24, 2.45) is 0 Å². The average Bonchev–Trinajstić information content (AvgIpc) is 2.30. The lowest BCUT2D eigenvalue weighted by molar-refractivity contribution is 0.475. The number of aryl methyl sites for hydroxylation is 1. The predicted molar refractivity (Wildman–Crippen MR) is 116 cm³/mol. The molecule has 1 nitrogen and oxygen atoms in total. The molecule has 25 heavy (non-hydrogen) atoms. The standard InChI is InChI=1S/C23H41OP/c1-16-14-17(20(2,3)4)19(18(15-16)21(5,6)7)24-25(22(8,9)10)23(11,12)13/h14-15H,1-13H3. The molecule has 1 rings (SSSR count). The summed E-state index contributed by atoms with van der Waals surface area (Å²) in [6, 6.07) is 4.65. The van der Waals surface area contributed by atoms with Crippen LogP contribution in [0.25, 0.3) is 0 Å². The Morgan fingerprint density at radius 1 is 0.640 bits per heavy atom. The summed E-state index contributed by atoms with van der Waals surface area (Å²) in [5, 5.41) is 0.256. The molecule has 0 bridgehead atoms. The fourth-order valence-electron chi connectivity index (χ4n) is 3.36. The molecule has 1 aromatic rings. The molecule has 0 spiro atoms. The highest BCUT2D eigenvalue weighted by Crippen LogP contribution is 2.61. The molecule has 0 fully saturated rings. The summed E-state index contributed by atoms with van der Waals surface area (Å²) in [6.07, 6.45) is 0. The van der Waals surface area contributed by atoms with E-state index >= 15 is 0 Å². The smallest absolute Gasteiger partial charge is 0.130 e. The van der Waals surface area contributed by atoms with Gasteiger partial charge in [0.25, 0.3) is 0 Å². The minimum Gasteiger partial charge on any atom is -0.472 e. The summed E-state index contributed by atoms with van der Waals surface area (Å²) in [6.45, 7) is 29.8. The van der Waals surface area contributed by atoms with Gasteiger partial charge >= 0.3 is 0 Å². The first-order chi connectivity index (χ1) is 10.8. The normalized spacial score (nSPS) is 14.2. The predicted octanol–water partition coefficient (Wildman–Crippen LogP) is 7.96. The van der Waals surface area contributed by atoms with Crippen molar-refractivity contribution in [1.29, 1.82) is 0 Å². The maximum absolute atomic E-state index is 6.98. The quantitative estimate of drug-likeness (QED) is 0.484. The largest absolute Gasteiger partial charge is 0.472 e. The highest BCUT2D eigenvalue weighted by atomic mass is 31.1. The zero-order valence-corrected chi connectivity index (χ0v) is 19.9. The Kier molecular flexibility index (Phi) is 6.19. The van der Waals surface area contributed by atoms with E-state index in [4.69, 9.17) is 4.52 Å². The maximum Gasteiger partial charge on any atom is 0.130 e. The van der Waals surface area contributed by atoms with Crippen molar-refractivity contribution < 1.29 is 4.52 Å². The Morgan fingerprint density at radius 2 is 0.960 bits per heavy atom. The van der Waals surface area contributed by atoms with Gasteiger partial charge in [-0.15, -0.1) is 0 Å². The lowest BCUT2D eigenvalue weighted by Gasteiger charge is -2.42. The van der Waals surface area contributed by atoms with Crippen LogP contribution in [0.5, 0.6) is 5.75 Å². The summed E-state index contributed by atoms with van der Waals surface area (Å²) in [7, 11) is -0.655. The lowest BCUT2D eigenvalue weighted by Crippen LogP contribution is -2.29. The molecule has 0 atom stereocenters. The van der Waals surface area contributed by atoms with Crippen LogP contribution in [0.4, 0.5) is 0 Å². The monoisotopic (exact) mass is 364 g/mol. The zero-order chi connectivity index (χ0) is 20.0. The maximum atomic E-state index is 6.98. The van der Waals surface area contributed by atoms with E-state index in [9.17, 15) is 0 Å². The van der Waals surface area contributed by atoms with Gasteiger partial charge in [0.1, 0.15) is 5.75 Å². The van der Waals surface area contributed by atoms with Gasteiger partial charge in [-0.1, -0.05) is 101 Å². The first-order valence-corrected chi connectivity index (χ1v) is 10.7. The molecule has 0 aromatic heterocycles. The molecule has 144 valence electrons. The van der Waals surface area contributed by atoms with E-state index in [-0.39, 0.29) is 21.1 Å². The van der Waals surface area contributed by atoms with E-state index in [0.29, 0.717) is 0 Å². The molecule has 0 aliphatic heterocycles. The van der Waals surface area contributed by atoms with Crippen LogP contribution in [0.1, 0.15) is 99.8 Å². The Hall–Kier alpha value is -0.550. The Morgan fingerprint density at radius 3 is 1.20 bits per heavy atom. The SMILES string of the molecule is Cc1cc(C(C)(C)C)c(OP(C(C)(C)C)C(C)(C)C)c(C(C)(C)C)c1. The van der Waals surface area contributed by atoms with Crippen LogP contribution >= 0.6 is 8.15 Å². The second-order valence-electron chi connectivity index (χ2n) is 11.4. The molecule has 0 radical (unpaired) electrons. The fraction of sp³-hybridized carbons (Fsp3) is 0.739. The Bertz CT molecular complexity index is 552. The Balaban J connectivity index is 3.71. The van der Waals surface area contributed by atoms with E-state index in [1.165, 1.54) is 16.7 Å². The number of hydrogen-bond donors (Lipinski definition) is 0. The van der Waals surface area contributed by atoms with Crippen LogP contribution in [0, 0.1) is 6.92 Å². The topological polar surface area (TPSA) is 9.23 Å². The molecule has 0 N–H and O–H groups in total. The zero-order valence-electron chi connectivity index (χ0n) is 19.0. The van der Waals surface area contributed by atoms with Gasteiger partial charge in [0, 0.05) is 21.4 Å². The van der Waals surface area contributed by atoms with Gasteiger partial charge in [-0.05, 0) is 17.8 Å². The summed E-state index contributed by atoms with van der Waals surface area (Å²) in [5.74, 6) is 1.13. The third kappa shape index (κ3) is 5.72. The molecular weight excluding hydrogens is 323 g/mol. The molecule has 0 aliphatic rings. The van der Waals surface area contributed by atoms with Crippen molar-refractivity contribution in [3.8, 4) is 5.75 Å². The van der Waals surface area contributed by atoms with E-state index in [1.54, 1.807) is 0 Å². The highest BCUT2D eigenvalue weighted by molar-refractivity contribution is 7.56. The number of rotatable bonds is 2. The van der Waals surface area contributed by atoms with E-state index < -0.39 is 8.15 Å². The lowest BCUT2D eigenvalue weighted by atomic mass is 9.78. The summed E-state index contributed by atoms with van der Waals surface area (Å²) in [5.41, 5.74) is 4.09. The van der Waals surface area contributed by atoms with Crippen molar-refractivity contribution in [3.63, 3.8) is 0 Å². The number of benzene rings is 1. The van der Waals surface area contributed by atoms with Gasteiger partial charge in [-0.25, -0.2) is 0 Å². The molecule has 0 saturated carbocycles. The first-order valence-electron chi connectivity index (χ1n) is 9.49. The van der Waals surface area contributed by atoms with Crippen LogP contribution < -0.4 is 4.52 Å². The molecular formula is C23H41OP. The molecule has 0 heterocycles. The van der Waals surface area contributed by atoms with Crippen LogP contribution in [-0.4, -0.2) is 10.3 Å². The van der Waals surface area contributed by atoms with Crippen LogP contribution in [0.2, 0.25) is 0 Å². The molecule has 0 unspecified atom stereocenters. The highest BCUT2D eigenvalue weighted by Gasteiger charge is 2.40.